The summed E-state index contributed by atoms with van der Waals surface area (Å²) in [4.78, 5) is 26.6. The lowest BCUT2D eigenvalue weighted by molar-refractivity contribution is -0.130. The predicted molar refractivity (Wildman–Crippen MR) is 109 cm³/mol. The zero-order valence-electron chi connectivity index (χ0n) is 17.5. The van der Waals surface area contributed by atoms with Crippen molar-refractivity contribution in [3.63, 3.8) is 0 Å². The van der Waals surface area contributed by atoms with E-state index >= 15 is 0 Å². The lowest BCUT2D eigenvalue weighted by Crippen LogP contribution is -2.47. The fraction of sp³-hybridized carbons (Fsp3) is 0.591. The first kappa shape index (κ1) is 19.5. The summed E-state index contributed by atoms with van der Waals surface area (Å²) in [6.45, 7) is 8.14. The van der Waals surface area contributed by atoms with Gasteiger partial charge < -0.3 is 23.7 Å². The summed E-state index contributed by atoms with van der Waals surface area (Å²) in [6, 6.07) is 3.65. The third-order valence-electron chi connectivity index (χ3n) is 6.30. The molecule has 3 aliphatic heterocycles. The smallest absolute Gasteiger partial charge is 0.230 e. The summed E-state index contributed by atoms with van der Waals surface area (Å²) in [6.07, 6.45) is 4.92. The van der Waals surface area contributed by atoms with Gasteiger partial charge in [-0.1, -0.05) is 0 Å². The summed E-state index contributed by atoms with van der Waals surface area (Å²) in [7, 11) is 0. The maximum absolute atomic E-state index is 12.8. The highest BCUT2D eigenvalue weighted by Crippen LogP contribution is 2.39. The van der Waals surface area contributed by atoms with Crippen LogP contribution in [0.25, 0.3) is 0 Å². The van der Waals surface area contributed by atoms with E-state index in [9.17, 15) is 4.79 Å². The van der Waals surface area contributed by atoms with Gasteiger partial charge in [0.05, 0.1) is 49.2 Å². The lowest BCUT2D eigenvalue weighted by atomic mass is 9.80. The summed E-state index contributed by atoms with van der Waals surface area (Å²) in [5.74, 6) is 1.53. The quantitative estimate of drug-likeness (QED) is 0.762. The van der Waals surface area contributed by atoms with Gasteiger partial charge in [-0.05, 0) is 32.4 Å². The number of ether oxygens (including phenoxy) is 2. The number of likely N-dealkylation sites (tertiary alicyclic amines) is 1. The Labute approximate surface area is 176 Å². The minimum absolute atomic E-state index is 0.0825. The molecular formula is C22H28N4O4. The van der Waals surface area contributed by atoms with Crippen LogP contribution in [-0.2, 0) is 32.7 Å². The summed E-state index contributed by atoms with van der Waals surface area (Å²) < 4.78 is 17.1. The fourth-order valence-corrected chi connectivity index (χ4v) is 4.95. The number of amides is 1. The van der Waals surface area contributed by atoms with E-state index in [1.165, 1.54) is 0 Å². The van der Waals surface area contributed by atoms with Crippen LogP contribution in [0.5, 0.6) is 0 Å². The zero-order valence-corrected chi connectivity index (χ0v) is 17.5. The number of hydrogen-bond acceptors (Lipinski definition) is 7. The number of furan rings is 1. The maximum atomic E-state index is 12.8. The van der Waals surface area contributed by atoms with Gasteiger partial charge in [-0.2, -0.15) is 0 Å². The number of carbonyl (C=O) groups is 1. The SMILES string of the molecule is C[C@@H]1CN(c2ncc3c(n2)[C@]2(CCN(C(=O)Cc4ccco4)C2)COC3)C[C@@H](C)O1. The average molecular weight is 412 g/mol. The molecule has 0 aromatic carbocycles. The van der Waals surface area contributed by atoms with Crippen molar-refractivity contribution in [2.24, 2.45) is 0 Å². The van der Waals surface area contributed by atoms with Crippen molar-refractivity contribution in [1.29, 1.82) is 0 Å². The third-order valence-corrected chi connectivity index (χ3v) is 6.30. The number of rotatable bonds is 3. The molecule has 5 heterocycles. The molecule has 160 valence electrons. The van der Waals surface area contributed by atoms with Gasteiger partial charge in [0.25, 0.3) is 0 Å². The highest BCUT2D eigenvalue weighted by molar-refractivity contribution is 5.78. The molecule has 5 rings (SSSR count). The summed E-state index contributed by atoms with van der Waals surface area (Å²) >= 11 is 0. The van der Waals surface area contributed by atoms with E-state index in [0.29, 0.717) is 32.1 Å². The maximum Gasteiger partial charge on any atom is 0.230 e. The van der Waals surface area contributed by atoms with Crippen LogP contribution in [0.4, 0.5) is 5.95 Å². The van der Waals surface area contributed by atoms with Crippen LogP contribution >= 0.6 is 0 Å². The van der Waals surface area contributed by atoms with Crippen molar-refractivity contribution in [2.75, 3.05) is 37.7 Å². The van der Waals surface area contributed by atoms with Crippen LogP contribution in [0.2, 0.25) is 0 Å². The van der Waals surface area contributed by atoms with E-state index in [1.54, 1.807) is 6.26 Å². The molecule has 2 aromatic rings. The van der Waals surface area contributed by atoms with E-state index in [4.69, 9.17) is 18.9 Å². The topological polar surface area (TPSA) is 80.9 Å². The second kappa shape index (κ2) is 7.67. The Morgan fingerprint density at radius 2 is 2.13 bits per heavy atom. The molecule has 2 saturated heterocycles. The van der Waals surface area contributed by atoms with Crippen molar-refractivity contribution in [3.05, 3.63) is 41.6 Å². The van der Waals surface area contributed by atoms with E-state index in [-0.39, 0.29) is 30.0 Å². The van der Waals surface area contributed by atoms with Crippen LogP contribution in [0.15, 0.2) is 29.0 Å². The van der Waals surface area contributed by atoms with Gasteiger partial charge in [0.15, 0.2) is 0 Å². The van der Waals surface area contributed by atoms with Crippen LogP contribution < -0.4 is 4.90 Å². The first-order valence-corrected chi connectivity index (χ1v) is 10.7. The van der Waals surface area contributed by atoms with E-state index < -0.39 is 0 Å². The molecule has 2 aromatic heterocycles. The predicted octanol–water partition coefficient (Wildman–Crippen LogP) is 1.93. The second-order valence-corrected chi connectivity index (χ2v) is 8.80. The first-order valence-electron chi connectivity index (χ1n) is 10.7. The number of carbonyl (C=O) groups excluding carboxylic acids is 1. The summed E-state index contributed by atoms with van der Waals surface area (Å²) in [5.41, 5.74) is 1.80. The Morgan fingerprint density at radius 3 is 2.90 bits per heavy atom. The van der Waals surface area contributed by atoms with E-state index in [1.807, 2.05) is 23.2 Å². The average Bonchev–Trinajstić information content (AvgIpc) is 3.38. The minimum atomic E-state index is -0.270. The van der Waals surface area contributed by atoms with Gasteiger partial charge in [0.2, 0.25) is 11.9 Å². The van der Waals surface area contributed by atoms with Crippen molar-refractivity contribution < 1.29 is 18.7 Å². The monoisotopic (exact) mass is 412 g/mol. The largest absolute Gasteiger partial charge is 0.469 e. The molecule has 1 spiro atoms. The molecule has 8 nitrogen and oxygen atoms in total. The molecule has 3 atom stereocenters. The van der Waals surface area contributed by atoms with Crippen molar-refractivity contribution >= 4 is 11.9 Å². The van der Waals surface area contributed by atoms with Gasteiger partial charge in [-0.25, -0.2) is 9.97 Å². The molecule has 0 radical (unpaired) electrons. The third kappa shape index (κ3) is 3.58. The Hall–Kier alpha value is -2.45. The molecule has 0 N–H and O–H groups in total. The highest BCUT2D eigenvalue weighted by Gasteiger charge is 2.46. The van der Waals surface area contributed by atoms with Crippen molar-refractivity contribution in [1.82, 2.24) is 14.9 Å². The van der Waals surface area contributed by atoms with Crippen LogP contribution in [0, 0.1) is 0 Å². The zero-order chi connectivity index (χ0) is 20.7. The first-order chi connectivity index (χ1) is 14.5. The van der Waals surface area contributed by atoms with E-state index in [0.717, 1.165) is 36.7 Å². The normalized spacial score (nSPS) is 28.7. The standard InChI is InChI=1S/C22H28N4O4/c1-15-10-26(11-16(2)30-15)21-23-9-17-12-28-14-22(20(17)24-21)5-6-25(13-22)19(27)8-18-4-3-7-29-18/h3-4,7,9,15-16H,5-6,8,10-14H2,1-2H3/t15-,16-,22+/m1/s1. The number of fused-ring (bicyclic) bond motifs is 2. The molecule has 0 saturated carbocycles. The van der Waals surface area contributed by atoms with Gasteiger partial charge in [0.1, 0.15) is 5.76 Å². The van der Waals surface area contributed by atoms with Gasteiger partial charge in [-0.3, -0.25) is 4.79 Å². The molecule has 0 bridgehead atoms. The molecule has 1 amide bonds. The lowest BCUT2D eigenvalue weighted by Gasteiger charge is -2.38. The molecule has 0 aliphatic carbocycles. The number of morpholine rings is 1. The molecule has 3 aliphatic rings. The second-order valence-electron chi connectivity index (χ2n) is 8.80. The molecular weight excluding hydrogens is 384 g/mol. The number of hydrogen-bond donors (Lipinski definition) is 0. The van der Waals surface area contributed by atoms with Gasteiger partial charge >= 0.3 is 0 Å². The Bertz CT molecular complexity index is 908. The molecule has 2 fully saturated rings. The highest BCUT2D eigenvalue weighted by atomic mass is 16.5. The number of nitrogens with zero attached hydrogens (tertiary/aromatic N) is 4. The minimum Gasteiger partial charge on any atom is -0.469 e. The van der Waals surface area contributed by atoms with E-state index in [2.05, 4.69) is 23.7 Å². The van der Waals surface area contributed by atoms with Gasteiger partial charge in [0, 0.05) is 37.9 Å². The fourth-order valence-electron chi connectivity index (χ4n) is 4.95. The van der Waals surface area contributed by atoms with Crippen LogP contribution in [0.1, 0.15) is 37.3 Å². The Morgan fingerprint density at radius 1 is 1.30 bits per heavy atom. The molecule has 8 heteroatoms. The molecule has 30 heavy (non-hydrogen) atoms. The Balaban J connectivity index is 1.38. The molecule has 0 unspecified atom stereocenters. The van der Waals surface area contributed by atoms with Crippen LogP contribution in [-0.4, -0.2) is 65.8 Å². The van der Waals surface area contributed by atoms with Crippen LogP contribution in [0.3, 0.4) is 0 Å². The van der Waals surface area contributed by atoms with Crippen molar-refractivity contribution in [2.45, 2.75) is 50.9 Å². The Kier molecular flexibility index (Phi) is 4.99. The number of aromatic nitrogens is 2. The van der Waals surface area contributed by atoms with Crippen molar-refractivity contribution in [3.8, 4) is 0 Å². The van der Waals surface area contributed by atoms with Gasteiger partial charge in [-0.15, -0.1) is 0 Å². The number of anilines is 1. The summed E-state index contributed by atoms with van der Waals surface area (Å²) in [5, 5.41) is 0.